The number of hydrogen-bond acceptors (Lipinski definition) is 4. The van der Waals surface area contributed by atoms with Gasteiger partial charge in [0.1, 0.15) is 0 Å². The lowest BCUT2D eigenvalue weighted by atomic mass is 10.0. The molecule has 1 saturated heterocycles. The van der Waals surface area contributed by atoms with Crippen LogP contribution in [0.3, 0.4) is 0 Å². The van der Waals surface area contributed by atoms with Crippen molar-refractivity contribution >= 4 is 32.0 Å². The molecule has 3 nitrogen and oxygen atoms in total. The molecule has 1 fully saturated rings. The van der Waals surface area contributed by atoms with Crippen LogP contribution in [0.2, 0.25) is 18.1 Å². The lowest BCUT2D eigenvalue weighted by Gasteiger charge is -2.20. The predicted octanol–water partition coefficient (Wildman–Crippen LogP) is 4.80. The third kappa shape index (κ3) is 3.79. The molecule has 1 radical (unpaired) electrons. The molecule has 0 spiro atoms. The summed E-state index contributed by atoms with van der Waals surface area (Å²) < 4.78 is 17.4. The van der Waals surface area contributed by atoms with Crippen LogP contribution in [-0.2, 0) is 13.9 Å². The van der Waals surface area contributed by atoms with Crippen LogP contribution in [0.1, 0.15) is 28.4 Å². The van der Waals surface area contributed by atoms with E-state index in [0.717, 1.165) is 21.0 Å². The fourth-order valence-corrected chi connectivity index (χ4v) is 4.24. The molecule has 1 unspecified atom stereocenters. The first-order valence-corrected chi connectivity index (χ1v) is 10.8. The molecule has 2 heterocycles. The summed E-state index contributed by atoms with van der Waals surface area (Å²) in [5, 5.41) is 2.85. The number of halogens is 1. The Hall–Kier alpha value is -0.693. The minimum atomic E-state index is -0.850. The molecule has 1 aliphatic heterocycles. The van der Waals surface area contributed by atoms with Gasteiger partial charge in [0.05, 0.1) is 24.2 Å². The summed E-state index contributed by atoms with van der Waals surface area (Å²) in [5.74, 6) is 0. The van der Waals surface area contributed by atoms with E-state index in [1.54, 1.807) is 11.3 Å². The van der Waals surface area contributed by atoms with E-state index in [0.29, 0.717) is 13.2 Å². The van der Waals surface area contributed by atoms with E-state index in [-0.39, 0.29) is 12.4 Å². The van der Waals surface area contributed by atoms with Crippen LogP contribution in [0.5, 0.6) is 0 Å². The molecule has 1 aliphatic rings. The van der Waals surface area contributed by atoms with Crippen LogP contribution in [0.15, 0.2) is 35.7 Å². The lowest BCUT2D eigenvalue weighted by Crippen LogP contribution is -2.14. The third-order valence-corrected chi connectivity index (χ3v) is 5.22. The predicted molar refractivity (Wildman–Crippen MR) is 90.8 cm³/mol. The monoisotopic (exact) mass is 353 g/mol. The molecule has 1 atom stereocenters. The van der Waals surface area contributed by atoms with E-state index in [9.17, 15) is 0 Å². The zero-order valence-electron chi connectivity index (χ0n) is 12.5. The molecule has 3 rings (SSSR count). The number of benzene rings is 1. The maximum absolute atomic E-state index is 6.22. The lowest BCUT2D eigenvalue weighted by molar-refractivity contribution is -0.0413. The van der Waals surface area contributed by atoms with Crippen molar-refractivity contribution in [3.8, 4) is 0 Å². The van der Waals surface area contributed by atoms with Crippen LogP contribution in [0, 0.1) is 0 Å². The number of ether oxygens (including phenoxy) is 2. The fraction of sp³-hybridized carbons (Fsp3) is 0.375. The van der Waals surface area contributed by atoms with Crippen LogP contribution in [-0.4, -0.2) is 22.3 Å². The molecule has 1 aromatic heterocycles. The molecule has 22 heavy (non-hydrogen) atoms. The first kappa shape index (κ1) is 16.2. The summed E-state index contributed by atoms with van der Waals surface area (Å²) >= 11 is 7.79. The zero-order chi connectivity index (χ0) is 15.5. The first-order valence-electron chi connectivity index (χ1n) is 7.17. The van der Waals surface area contributed by atoms with Crippen LogP contribution in [0.25, 0.3) is 0 Å². The average Bonchev–Trinajstić information content (AvgIpc) is 3.15. The first-order chi connectivity index (χ1) is 10.6. The second-order valence-corrected chi connectivity index (χ2v) is 8.75. The van der Waals surface area contributed by atoms with Crippen molar-refractivity contribution in [1.29, 1.82) is 0 Å². The number of hydrogen-bond donors (Lipinski definition) is 0. The van der Waals surface area contributed by atoms with Gasteiger partial charge in [0, 0.05) is 5.02 Å². The highest BCUT2D eigenvalue weighted by atomic mass is 35.5. The molecular weight excluding hydrogens is 336 g/mol. The maximum atomic E-state index is 6.22. The molecule has 0 amide bonds. The fourth-order valence-electron chi connectivity index (χ4n) is 2.39. The molecule has 0 bridgehead atoms. The molecule has 0 aliphatic carbocycles. The minimum absolute atomic E-state index is 0.0889. The van der Waals surface area contributed by atoms with Gasteiger partial charge in [0.25, 0.3) is 0 Å². The smallest absolute Gasteiger partial charge is 0.206 e. The average molecular weight is 354 g/mol. The Morgan fingerprint density at radius 3 is 2.68 bits per heavy atom. The second-order valence-electron chi connectivity index (χ2n) is 5.32. The Kier molecular flexibility index (Phi) is 5.33. The standard InChI is InChI=1S/C16H18ClO3SSi/c1-22(2)20-15(11-4-3-5-13(17)8-11)12-9-14(21-10-12)16-18-6-7-19-16/h3-5,8-10,15-16H,6-7H2,1-2H3. The van der Waals surface area contributed by atoms with Crippen molar-refractivity contribution in [3.05, 3.63) is 56.7 Å². The van der Waals surface area contributed by atoms with Gasteiger partial charge in [-0.05, 0) is 47.8 Å². The van der Waals surface area contributed by atoms with Crippen molar-refractivity contribution in [2.24, 2.45) is 0 Å². The Labute approximate surface area is 141 Å². The van der Waals surface area contributed by atoms with E-state index >= 15 is 0 Å². The van der Waals surface area contributed by atoms with Gasteiger partial charge in [0.2, 0.25) is 9.04 Å². The van der Waals surface area contributed by atoms with Gasteiger partial charge in [-0.3, -0.25) is 0 Å². The molecule has 117 valence electrons. The molecular formula is C16H18ClO3SSi. The van der Waals surface area contributed by atoms with Gasteiger partial charge in [-0.1, -0.05) is 23.7 Å². The van der Waals surface area contributed by atoms with Crippen LogP contribution >= 0.6 is 22.9 Å². The highest BCUT2D eigenvalue weighted by molar-refractivity contribution is 7.10. The third-order valence-electron chi connectivity index (χ3n) is 3.30. The van der Waals surface area contributed by atoms with Crippen molar-refractivity contribution in [2.45, 2.75) is 25.5 Å². The quantitative estimate of drug-likeness (QED) is 0.722. The Balaban J connectivity index is 1.88. The number of thiophene rings is 1. The Morgan fingerprint density at radius 1 is 1.23 bits per heavy atom. The van der Waals surface area contributed by atoms with Gasteiger partial charge in [-0.15, -0.1) is 11.3 Å². The summed E-state index contributed by atoms with van der Waals surface area (Å²) in [4.78, 5) is 1.09. The van der Waals surface area contributed by atoms with E-state index in [4.69, 9.17) is 25.5 Å². The minimum Gasteiger partial charge on any atom is -0.406 e. The molecule has 1 aromatic carbocycles. The summed E-state index contributed by atoms with van der Waals surface area (Å²) in [6, 6.07) is 9.99. The summed E-state index contributed by atoms with van der Waals surface area (Å²) in [6.07, 6.45) is -0.319. The molecule has 2 aromatic rings. The van der Waals surface area contributed by atoms with E-state index in [1.807, 2.05) is 18.2 Å². The van der Waals surface area contributed by atoms with Crippen molar-refractivity contribution in [3.63, 3.8) is 0 Å². The molecule has 0 N–H and O–H groups in total. The van der Waals surface area contributed by atoms with Crippen LogP contribution < -0.4 is 0 Å². The van der Waals surface area contributed by atoms with Gasteiger partial charge in [0.15, 0.2) is 6.29 Å². The Morgan fingerprint density at radius 2 is 2.00 bits per heavy atom. The number of rotatable bonds is 5. The van der Waals surface area contributed by atoms with Crippen molar-refractivity contribution in [1.82, 2.24) is 0 Å². The van der Waals surface area contributed by atoms with Gasteiger partial charge in [-0.2, -0.15) is 0 Å². The SMILES string of the molecule is C[Si](C)OC(c1cccc(Cl)c1)c1csc(C2OCCO2)c1. The van der Waals surface area contributed by atoms with Gasteiger partial charge < -0.3 is 13.9 Å². The van der Waals surface area contributed by atoms with E-state index < -0.39 is 9.04 Å². The van der Waals surface area contributed by atoms with Gasteiger partial charge >= 0.3 is 0 Å². The second kappa shape index (κ2) is 7.25. The van der Waals surface area contributed by atoms with Crippen molar-refractivity contribution < 1.29 is 13.9 Å². The normalized spacial score (nSPS) is 17.3. The van der Waals surface area contributed by atoms with E-state index in [1.165, 1.54) is 0 Å². The van der Waals surface area contributed by atoms with Crippen LogP contribution in [0.4, 0.5) is 0 Å². The Bertz CT molecular complexity index is 625. The molecule has 6 heteroatoms. The van der Waals surface area contributed by atoms with Gasteiger partial charge in [-0.25, -0.2) is 0 Å². The topological polar surface area (TPSA) is 27.7 Å². The zero-order valence-corrected chi connectivity index (χ0v) is 15.1. The maximum Gasteiger partial charge on any atom is 0.206 e. The van der Waals surface area contributed by atoms with E-state index in [2.05, 4.69) is 30.6 Å². The summed E-state index contributed by atoms with van der Waals surface area (Å²) in [7, 11) is -0.850. The highest BCUT2D eigenvalue weighted by Gasteiger charge is 2.24. The van der Waals surface area contributed by atoms with Crippen molar-refractivity contribution in [2.75, 3.05) is 13.2 Å². The largest absolute Gasteiger partial charge is 0.406 e. The molecule has 0 saturated carbocycles. The summed E-state index contributed by atoms with van der Waals surface area (Å²) in [6.45, 7) is 5.59. The summed E-state index contributed by atoms with van der Waals surface area (Å²) in [5.41, 5.74) is 2.21. The highest BCUT2D eigenvalue weighted by Crippen LogP contribution is 2.35.